The van der Waals surface area contributed by atoms with E-state index in [9.17, 15) is 4.39 Å². The van der Waals surface area contributed by atoms with E-state index in [4.69, 9.17) is 10.1 Å². The minimum atomic E-state index is -0.230. The first-order chi connectivity index (χ1) is 13.3. The van der Waals surface area contributed by atoms with Gasteiger partial charge in [-0.25, -0.2) is 8.79 Å². The minimum absolute atomic E-state index is 0. The van der Waals surface area contributed by atoms with Gasteiger partial charge in [0.15, 0.2) is 0 Å². The van der Waals surface area contributed by atoms with Crippen LogP contribution in [0.3, 0.4) is 0 Å². The van der Waals surface area contributed by atoms with Gasteiger partial charge in [-0.3, -0.25) is 5.41 Å². The van der Waals surface area contributed by atoms with E-state index < -0.39 is 0 Å². The Morgan fingerprint density at radius 1 is 1.17 bits per heavy atom. The molecular weight excluding hydrogens is 412 g/mol. The summed E-state index contributed by atoms with van der Waals surface area (Å²) in [5.74, 6) is 0.683. The standard InChI is InChI=1S/C16H21FN3OS.C4H10.C2H6.K/c1-19-15(11-16(18)21-2)10-9-14(20-22)8-5-12-3-6-13(17)7-4-12;1-4(2)3;1-2;/h3-4,6-7,11,18,22H,5,8-10H2,1-2H3;4H,1-3H3;1-2H3;/q-1;;;+1/b15-11-,18-16?,20-14-;;;. The fourth-order valence-corrected chi connectivity index (χ4v) is 2.10. The van der Waals surface area contributed by atoms with Crippen molar-refractivity contribution < 1.29 is 60.5 Å². The molecule has 0 saturated heterocycles. The molecule has 0 unspecified atom stereocenters. The van der Waals surface area contributed by atoms with Crippen LogP contribution in [0.25, 0.3) is 5.32 Å². The van der Waals surface area contributed by atoms with Gasteiger partial charge in [0.05, 0.1) is 7.11 Å². The largest absolute Gasteiger partial charge is 1.00 e. The predicted octanol–water partition coefficient (Wildman–Crippen LogP) is 4.03. The first-order valence-electron chi connectivity index (χ1n) is 9.69. The summed E-state index contributed by atoms with van der Waals surface area (Å²) in [6.45, 7) is 10.5. The van der Waals surface area contributed by atoms with Gasteiger partial charge in [-0.1, -0.05) is 46.8 Å². The third-order valence-electron chi connectivity index (χ3n) is 3.23. The van der Waals surface area contributed by atoms with Crippen LogP contribution in [-0.4, -0.2) is 25.8 Å². The first-order valence-corrected chi connectivity index (χ1v) is 10.1. The van der Waals surface area contributed by atoms with Gasteiger partial charge in [0.1, 0.15) is 5.82 Å². The van der Waals surface area contributed by atoms with Crippen molar-refractivity contribution in [3.05, 3.63) is 52.7 Å². The molecule has 0 aliphatic rings. The maximum atomic E-state index is 12.9. The fraction of sp³-hybridized carbons (Fsp3) is 0.545. The Kier molecular flexibility index (Phi) is 26.0. The average molecular weight is 450 g/mol. The van der Waals surface area contributed by atoms with Gasteiger partial charge in [-0.2, -0.15) is 5.70 Å². The van der Waals surface area contributed by atoms with Crippen molar-refractivity contribution in [2.75, 3.05) is 14.2 Å². The van der Waals surface area contributed by atoms with E-state index >= 15 is 0 Å². The Bertz CT molecular complexity index is 587. The average Bonchev–Trinajstić information content (AvgIpc) is 2.69. The second-order valence-corrected chi connectivity index (χ2v) is 6.65. The van der Waals surface area contributed by atoms with Crippen LogP contribution in [0.4, 0.5) is 4.39 Å². The van der Waals surface area contributed by atoms with Crippen LogP contribution in [0.1, 0.15) is 59.4 Å². The van der Waals surface area contributed by atoms with E-state index in [2.05, 4.69) is 43.3 Å². The van der Waals surface area contributed by atoms with Crippen molar-refractivity contribution in [3.8, 4) is 0 Å². The van der Waals surface area contributed by atoms with Crippen LogP contribution in [0.2, 0.25) is 0 Å². The zero-order valence-electron chi connectivity index (χ0n) is 19.4. The van der Waals surface area contributed by atoms with E-state index in [-0.39, 0.29) is 63.1 Å². The topological polar surface area (TPSA) is 59.5 Å². The molecule has 0 bridgehead atoms. The summed E-state index contributed by atoms with van der Waals surface area (Å²) in [6.07, 6.45) is 4.52. The second kappa shape index (κ2) is 22.5. The molecule has 160 valence electrons. The SMILES string of the molecule is CC.CC(C)C.C[N-]/C(=C\C(=N)OC)CC/C(CCc1ccc(F)cc1)=N\S.[K+]. The molecule has 0 atom stereocenters. The number of benzene rings is 1. The molecule has 0 aliphatic heterocycles. The van der Waals surface area contributed by atoms with Gasteiger partial charge >= 0.3 is 51.4 Å². The van der Waals surface area contributed by atoms with Crippen LogP contribution in [0.5, 0.6) is 0 Å². The summed E-state index contributed by atoms with van der Waals surface area (Å²) in [4.78, 5) is 0. The zero-order chi connectivity index (χ0) is 21.9. The second-order valence-electron chi connectivity index (χ2n) is 6.45. The Morgan fingerprint density at radius 2 is 1.69 bits per heavy atom. The van der Waals surface area contributed by atoms with Crippen molar-refractivity contribution in [3.63, 3.8) is 0 Å². The summed E-state index contributed by atoms with van der Waals surface area (Å²) >= 11 is 4.01. The maximum Gasteiger partial charge on any atom is 1.00 e. The molecule has 0 radical (unpaired) electrons. The summed E-state index contributed by atoms with van der Waals surface area (Å²) < 4.78 is 21.7. The maximum absolute atomic E-state index is 12.9. The van der Waals surface area contributed by atoms with Crippen LogP contribution < -0.4 is 51.4 Å². The molecule has 0 heterocycles. The van der Waals surface area contributed by atoms with E-state index in [1.165, 1.54) is 19.2 Å². The van der Waals surface area contributed by atoms with Crippen LogP contribution in [0.15, 0.2) is 40.4 Å². The number of thiol groups is 1. The van der Waals surface area contributed by atoms with Crippen molar-refractivity contribution in [2.24, 2.45) is 10.3 Å². The molecule has 1 N–H and O–H groups in total. The minimum Gasteiger partial charge on any atom is -0.690 e. The number of nitrogens with one attached hydrogen (secondary N) is 1. The summed E-state index contributed by atoms with van der Waals surface area (Å²) in [5.41, 5.74) is 2.79. The van der Waals surface area contributed by atoms with Crippen molar-refractivity contribution >= 4 is 24.4 Å². The number of nitrogens with zero attached hydrogens (tertiary/aromatic N) is 2. The van der Waals surface area contributed by atoms with E-state index in [1.54, 1.807) is 25.3 Å². The van der Waals surface area contributed by atoms with Crippen LogP contribution in [-0.2, 0) is 11.2 Å². The summed E-state index contributed by atoms with van der Waals surface area (Å²) in [7, 11) is 3.14. The van der Waals surface area contributed by atoms with Crippen LogP contribution >= 0.6 is 12.8 Å². The Hall–Kier alpha value is -0.184. The molecule has 0 saturated carbocycles. The number of methoxy groups -OCH3 is 1. The predicted molar refractivity (Wildman–Crippen MR) is 124 cm³/mol. The quantitative estimate of drug-likeness (QED) is 0.268. The van der Waals surface area contributed by atoms with Crippen molar-refractivity contribution in [2.45, 2.75) is 60.3 Å². The third-order valence-corrected chi connectivity index (χ3v) is 3.51. The number of halogens is 1. The number of ether oxygens (including phenoxy) is 1. The molecule has 0 aromatic heterocycles. The molecule has 0 fully saturated rings. The molecule has 0 spiro atoms. The van der Waals surface area contributed by atoms with Gasteiger partial charge in [0.2, 0.25) is 5.90 Å². The third kappa shape index (κ3) is 20.9. The zero-order valence-corrected chi connectivity index (χ0v) is 23.4. The number of hydrogen-bond acceptors (Lipinski definition) is 4. The van der Waals surface area contributed by atoms with Gasteiger partial charge in [0.25, 0.3) is 0 Å². The van der Waals surface area contributed by atoms with E-state index in [0.717, 1.165) is 35.7 Å². The van der Waals surface area contributed by atoms with Crippen LogP contribution in [0, 0.1) is 17.1 Å². The fourth-order valence-electron chi connectivity index (χ4n) is 1.90. The van der Waals surface area contributed by atoms with Gasteiger partial charge < -0.3 is 10.1 Å². The monoisotopic (exact) mass is 449 g/mol. The number of aryl methyl sites for hydroxylation is 1. The molecule has 1 aromatic rings. The number of hydrogen-bond donors (Lipinski definition) is 2. The smallest absolute Gasteiger partial charge is 0.690 e. The Labute approximate surface area is 225 Å². The van der Waals surface area contributed by atoms with E-state index in [0.29, 0.717) is 12.8 Å². The molecule has 0 aliphatic carbocycles. The number of allylic oxidation sites excluding steroid dienone is 1. The first kappa shape index (κ1) is 33.5. The Balaban J connectivity index is -0.000000858. The van der Waals surface area contributed by atoms with Gasteiger partial charge in [0, 0.05) is 5.71 Å². The van der Waals surface area contributed by atoms with Crippen molar-refractivity contribution in [1.29, 1.82) is 5.41 Å². The Morgan fingerprint density at radius 3 is 2.10 bits per heavy atom. The number of rotatable bonds is 8. The summed E-state index contributed by atoms with van der Waals surface area (Å²) in [5, 5.41) is 11.6. The van der Waals surface area contributed by atoms with Crippen molar-refractivity contribution in [1.82, 2.24) is 0 Å². The molecular formula is C22H37FKN3OS. The van der Waals surface area contributed by atoms with E-state index in [1.807, 2.05) is 13.8 Å². The normalized spacial score (nSPS) is 10.7. The summed E-state index contributed by atoms with van der Waals surface area (Å²) in [6, 6.07) is 6.47. The molecule has 1 aromatic carbocycles. The van der Waals surface area contributed by atoms with Gasteiger partial charge in [-0.15, -0.1) is 7.05 Å². The molecule has 4 nitrogen and oxygen atoms in total. The molecule has 29 heavy (non-hydrogen) atoms. The van der Waals surface area contributed by atoms with Gasteiger partial charge in [-0.05, 0) is 68.2 Å². The molecule has 1 rings (SSSR count). The molecule has 0 amide bonds. The molecule has 7 heteroatoms.